The minimum absolute atomic E-state index is 0. The fourth-order valence-corrected chi connectivity index (χ4v) is 1.71. The first-order valence-electron chi connectivity index (χ1n) is 5.90. The Morgan fingerprint density at radius 2 is 1.90 bits per heavy atom. The van der Waals surface area contributed by atoms with Gasteiger partial charge in [-0.05, 0) is 12.7 Å². The van der Waals surface area contributed by atoms with Gasteiger partial charge in [-0.3, -0.25) is 13.9 Å². The van der Waals surface area contributed by atoms with E-state index < -0.39 is 17.2 Å². The van der Waals surface area contributed by atoms with E-state index in [2.05, 4.69) is 4.74 Å². The van der Waals surface area contributed by atoms with E-state index in [0.717, 1.165) is 20.9 Å². The SMILES string of the molecule is COC([O-])=Cn1ccc(=O)n(Cc2ccccc2)c1=O.[Li+]. The molecular formula is C14H13LiN2O4. The number of hydrogen-bond donors (Lipinski definition) is 0. The van der Waals surface area contributed by atoms with Gasteiger partial charge in [0.15, 0.2) is 0 Å². The van der Waals surface area contributed by atoms with Crippen LogP contribution in [0.1, 0.15) is 5.56 Å². The standard InChI is InChI=1S/C14H14N2O4.Li/c1-20-13(18)10-15-8-7-12(17)16(14(15)19)9-11-5-3-2-4-6-11;/h2-8,10,18H,9H2,1H3;/q;+1/p-1. The molecule has 0 aliphatic heterocycles. The largest absolute Gasteiger partial charge is 1.00 e. The summed E-state index contributed by atoms with van der Waals surface area (Å²) in [5.41, 5.74) is -0.192. The summed E-state index contributed by atoms with van der Waals surface area (Å²) in [6, 6.07) is 10.3. The van der Waals surface area contributed by atoms with Crippen molar-refractivity contribution in [3.8, 4) is 0 Å². The maximum Gasteiger partial charge on any atom is 1.00 e. The molecule has 0 saturated heterocycles. The van der Waals surface area contributed by atoms with E-state index in [4.69, 9.17) is 0 Å². The summed E-state index contributed by atoms with van der Waals surface area (Å²) in [7, 11) is 1.21. The smallest absolute Gasteiger partial charge is 0.616 e. The number of benzene rings is 1. The van der Waals surface area contributed by atoms with Gasteiger partial charge in [0.25, 0.3) is 5.56 Å². The van der Waals surface area contributed by atoms with Crippen LogP contribution in [-0.4, -0.2) is 16.2 Å². The zero-order chi connectivity index (χ0) is 14.5. The van der Waals surface area contributed by atoms with Crippen LogP contribution in [-0.2, 0) is 11.3 Å². The number of nitrogens with zero attached hydrogens (tertiary/aromatic N) is 2. The average Bonchev–Trinajstić information content (AvgIpc) is 2.47. The fourth-order valence-electron chi connectivity index (χ4n) is 1.71. The molecule has 1 heterocycles. The molecule has 2 rings (SSSR count). The van der Waals surface area contributed by atoms with Crippen molar-refractivity contribution in [2.24, 2.45) is 0 Å². The van der Waals surface area contributed by atoms with E-state index in [-0.39, 0.29) is 25.4 Å². The van der Waals surface area contributed by atoms with Crippen molar-refractivity contribution in [2.45, 2.75) is 6.54 Å². The predicted octanol–water partition coefficient (Wildman–Crippen LogP) is -3.18. The molecule has 0 spiro atoms. The van der Waals surface area contributed by atoms with Crippen LogP contribution in [0.25, 0.3) is 6.20 Å². The molecule has 1 aromatic carbocycles. The van der Waals surface area contributed by atoms with Crippen molar-refractivity contribution < 1.29 is 28.7 Å². The molecule has 21 heavy (non-hydrogen) atoms. The van der Waals surface area contributed by atoms with Gasteiger partial charge >= 0.3 is 24.6 Å². The summed E-state index contributed by atoms with van der Waals surface area (Å²) in [6.45, 7) is 0.147. The average molecular weight is 280 g/mol. The molecule has 6 nitrogen and oxygen atoms in total. The van der Waals surface area contributed by atoms with Crippen molar-refractivity contribution in [1.82, 2.24) is 9.13 Å². The second-order valence-corrected chi connectivity index (χ2v) is 4.07. The van der Waals surface area contributed by atoms with E-state index in [1.807, 2.05) is 30.3 Å². The molecular weight excluding hydrogens is 267 g/mol. The van der Waals surface area contributed by atoms with Crippen LogP contribution in [0.4, 0.5) is 0 Å². The summed E-state index contributed by atoms with van der Waals surface area (Å²) in [6.07, 6.45) is 2.23. The van der Waals surface area contributed by atoms with Crippen molar-refractivity contribution in [2.75, 3.05) is 7.11 Å². The monoisotopic (exact) mass is 280 g/mol. The van der Waals surface area contributed by atoms with Gasteiger partial charge in [0.2, 0.25) is 0 Å². The van der Waals surface area contributed by atoms with Gasteiger partial charge in [0.1, 0.15) is 0 Å². The molecule has 0 saturated carbocycles. The zero-order valence-corrected chi connectivity index (χ0v) is 11.9. The van der Waals surface area contributed by atoms with Crippen molar-refractivity contribution in [3.05, 3.63) is 74.9 Å². The van der Waals surface area contributed by atoms with Crippen LogP contribution in [0.3, 0.4) is 0 Å². The molecule has 0 unspecified atom stereocenters. The van der Waals surface area contributed by atoms with Crippen LogP contribution in [0, 0.1) is 0 Å². The first-order valence-corrected chi connectivity index (χ1v) is 5.90. The third-order valence-corrected chi connectivity index (χ3v) is 2.72. The summed E-state index contributed by atoms with van der Waals surface area (Å²) in [5.74, 6) is -0.669. The number of hydrogen-bond acceptors (Lipinski definition) is 4. The first-order chi connectivity index (χ1) is 9.61. The Kier molecular flexibility index (Phi) is 6.09. The van der Waals surface area contributed by atoms with Gasteiger partial charge in [-0.2, -0.15) is 0 Å². The molecule has 0 bridgehead atoms. The summed E-state index contributed by atoms with van der Waals surface area (Å²) in [4.78, 5) is 23.9. The van der Waals surface area contributed by atoms with Gasteiger partial charge in [0, 0.05) is 18.5 Å². The van der Waals surface area contributed by atoms with E-state index in [9.17, 15) is 14.7 Å². The van der Waals surface area contributed by atoms with Crippen LogP contribution in [0.2, 0.25) is 0 Å². The second-order valence-electron chi connectivity index (χ2n) is 4.07. The Morgan fingerprint density at radius 1 is 1.24 bits per heavy atom. The van der Waals surface area contributed by atoms with E-state index in [0.29, 0.717) is 0 Å². The van der Waals surface area contributed by atoms with Gasteiger partial charge in [-0.1, -0.05) is 30.3 Å². The molecule has 0 radical (unpaired) electrons. The molecule has 0 N–H and O–H groups in total. The normalized spacial score (nSPS) is 10.8. The third-order valence-electron chi connectivity index (χ3n) is 2.72. The molecule has 0 amide bonds. The molecule has 104 valence electrons. The van der Waals surface area contributed by atoms with Crippen molar-refractivity contribution in [1.29, 1.82) is 0 Å². The van der Waals surface area contributed by atoms with Crippen molar-refractivity contribution in [3.63, 3.8) is 0 Å². The molecule has 0 aliphatic carbocycles. The maximum atomic E-state index is 12.1. The number of ether oxygens (including phenoxy) is 1. The van der Waals surface area contributed by atoms with Crippen LogP contribution >= 0.6 is 0 Å². The fraction of sp³-hybridized carbons (Fsp3) is 0.143. The summed E-state index contributed by atoms with van der Waals surface area (Å²) >= 11 is 0. The Hall–Kier alpha value is -2.16. The third kappa shape index (κ3) is 4.15. The first kappa shape index (κ1) is 16.9. The quantitative estimate of drug-likeness (QED) is 0.437. The maximum absolute atomic E-state index is 12.1. The second kappa shape index (κ2) is 7.58. The Morgan fingerprint density at radius 3 is 2.52 bits per heavy atom. The Labute approximate surface area is 133 Å². The van der Waals surface area contributed by atoms with Crippen LogP contribution in [0.15, 0.2) is 58.1 Å². The molecule has 1 aromatic heterocycles. The minimum Gasteiger partial charge on any atom is -0.616 e. The Balaban J connectivity index is 0.00000220. The molecule has 0 fully saturated rings. The van der Waals surface area contributed by atoms with Crippen molar-refractivity contribution >= 4 is 6.20 Å². The van der Waals surface area contributed by atoms with Crippen LogP contribution < -0.4 is 35.2 Å². The van der Waals surface area contributed by atoms with E-state index in [1.165, 1.54) is 19.4 Å². The van der Waals surface area contributed by atoms with Gasteiger partial charge in [-0.15, -0.1) is 0 Å². The number of aromatic nitrogens is 2. The van der Waals surface area contributed by atoms with Gasteiger partial charge in [0.05, 0.1) is 12.5 Å². The number of rotatable bonds is 4. The topological polar surface area (TPSA) is 76.3 Å². The van der Waals surface area contributed by atoms with E-state index >= 15 is 0 Å². The zero-order valence-electron chi connectivity index (χ0n) is 11.9. The molecule has 0 aliphatic rings. The summed E-state index contributed by atoms with van der Waals surface area (Å²) in [5, 5.41) is 11.2. The minimum atomic E-state index is -0.669. The Bertz CT molecular complexity index is 735. The number of methoxy groups -OCH3 is 1. The van der Waals surface area contributed by atoms with Gasteiger partial charge < -0.3 is 9.84 Å². The molecule has 0 atom stereocenters. The van der Waals surface area contributed by atoms with Crippen LogP contribution in [0.5, 0.6) is 0 Å². The van der Waals surface area contributed by atoms with E-state index in [1.54, 1.807) is 0 Å². The summed E-state index contributed by atoms with van der Waals surface area (Å²) < 4.78 is 6.53. The molecule has 7 heteroatoms. The molecule has 2 aromatic rings. The van der Waals surface area contributed by atoms with Gasteiger partial charge in [-0.25, -0.2) is 4.79 Å². The predicted molar refractivity (Wildman–Crippen MR) is 71.8 cm³/mol.